The van der Waals surface area contributed by atoms with Crippen molar-refractivity contribution in [3.63, 3.8) is 0 Å². The second-order valence-corrected chi connectivity index (χ2v) is 6.07. The van der Waals surface area contributed by atoms with Gasteiger partial charge in [0.25, 0.3) is 5.78 Å². The van der Waals surface area contributed by atoms with Gasteiger partial charge in [-0.15, -0.1) is 0 Å². The number of hydrogen-bond acceptors (Lipinski definition) is 3. The van der Waals surface area contributed by atoms with E-state index < -0.39 is 12.0 Å². The molecule has 1 aromatic rings. The van der Waals surface area contributed by atoms with Crippen LogP contribution < -0.4 is 5.32 Å². The van der Waals surface area contributed by atoms with Crippen LogP contribution in [0.4, 0.5) is 18.9 Å². The van der Waals surface area contributed by atoms with Crippen LogP contribution in [0.2, 0.25) is 0 Å². The van der Waals surface area contributed by atoms with Crippen LogP contribution in [0.15, 0.2) is 32.1 Å². The fraction of sp³-hybridized carbons (Fsp3) is 0.250. The molecular weight excluding hydrogens is 343 g/mol. The van der Waals surface area contributed by atoms with Crippen LogP contribution in [0, 0.1) is 6.92 Å². The highest BCUT2D eigenvalue weighted by Gasteiger charge is 2.43. The zero-order valence-electron chi connectivity index (χ0n) is 9.98. The molecule has 0 amide bonds. The molecular formula is C12H9BrF3NOS. The summed E-state index contributed by atoms with van der Waals surface area (Å²) in [6.07, 6.45) is -4.86. The second-order valence-electron chi connectivity index (χ2n) is 4.10. The van der Waals surface area contributed by atoms with Gasteiger partial charge < -0.3 is 5.32 Å². The van der Waals surface area contributed by atoms with E-state index in [0.717, 1.165) is 27.5 Å². The van der Waals surface area contributed by atoms with Crippen molar-refractivity contribution in [2.45, 2.75) is 24.9 Å². The maximum absolute atomic E-state index is 12.5. The number of rotatable bonds is 1. The number of thioether (sulfide) groups is 1. The molecule has 0 atom stereocenters. The molecule has 0 saturated heterocycles. The Morgan fingerprint density at radius 1 is 1.32 bits per heavy atom. The van der Waals surface area contributed by atoms with Crippen molar-refractivity contribution in [3.05, 3.63) is 32.8 Å². The van der Waals surface area contributed by atoms with Crippen LogP contribution in [-0.4, -0.2) is 12.0 Å². The van der Waals surface area contributed by atoms with Gasteiger partial charge in [0.1, 0.15) is 0 Å². The summed E-state index contributed by atoms with van der Waals surface area (Å²) in [5.41, 5.74) is 1.87. The SMILES string of the molecule is CC1=C(C(=O)C(F)(F)F)Sc2cc(Br)cc(C)c2N1. The normalized spacial score (nSPS) is 15.1. The van der Waals surface area contributed by atoms with Crippen LogP contribution in [0.1, 0.15) is 12.5 Å². The number of nitrogens with one attached hydrogen (secondary N) is 1. The van der Waals surface area contributed by atoms with E-state index in [4.69, 9.17) is 0 Å². The van der Waals surface area contributed by atoms with Crippen molar-refractivity contribution in [2.75, 3.05) is 5.32 Å². The van der Waals surface area contributed by atoms with E-state index >= 15 is 0 Å². The van der Waals surface area contributed by atoms with Crippen LogP contribution in [-0.2, 0) is 4.79 Å². The van der Waals surface area contributed by atoms with Gasteiger partial charge >= 0.3 is 6.18 Å². The molecule has 0 bridgehead atoms. The van der Waals surface area contributed by atoms with Gasteiger partial charge in [0, 0.05) is 15.1 Å². The van der Waals surface area contributed by atoms with Gasteiger partial charge in [-0.2, -0.15) is 13.2 Å². The number of ketones is 1. The highest BCUT2D eigenvalue weighted by Crippen LogP contribution is 2.44. The summed E-state index contributed by atoms with van der Waals surface area (Å²) in [4.78, 5) is 11.6. The molecule has 0 spiro atoms. The Labute approximate surface area is 120 Å². The number of alkyl halides is 3. The average Bonchev–Trinajstić information content (AvgIpc) is 2.27. The maximum atomic E-state index is 12.5. The standard InChI is InChI=1S/C12H9BrF3NOS/c1-5-3-7(13)4-8-9(5)17-6(2)10(19-8)11(18)12(14,15)16/h3-4,17H,1-2H3. The monoisotopic (exact) mass is 351 g/mol. The Kier molecular flexibility index (Phi) is 3.70. The third-order valence-corrected chi connectivity index (χ3v) is 4.29. The minimum Gasteiger partial charge on any atom is -0.357 e. The highest BCUT2D eigenvalue weighted by atomic mass is 79.9. The topological polar surface area (TPSA) is 29.1 Å². The number of Topliss-reactive ketones (excluding diaryl/α,β-unsaturated/α-hetero) is 1. The molecule has 7 heteroatoms. The summed E-state index contributed by atoms with van der Waals surface area (Å²) in [5, 5.41) is 2.88. The number of allylic oxidation sites excluding steroid dienone is 2. The number of anilines is 1. The number of halogens is 4. The number of benzene rings is 1. The van der Waals surface area contributed by atoms with Gasteiger partial charge in [-0.3, -0.25) is 4.79 Å². The van der Waals surface area contributed by atoms with E-state index in [9.17, 15) is 18.0 Å². The molecule has 102 valence electrons. The minimum absolute atomic E-state index is 0.227. The Bertz CT molecular complexity index is 595. The lowest BCUT2D eigenvalue weighted by atomic mass is 10.2. The first-order valence-corrected chi connectivity index (χ1v) is 6.88. The third-order valence-electron chi connectivity index (χ3n) is 2.59. The minimum atomic E-state index is -4.86. The first-order chi connectivity index (χ1) is 8.70. The molecule has 0 saturated carbocycles. The predicted molar refractivity (Wildman–Crippen MR) is 72.1 cm³/mol. The Balaban J connectivity index is 2.45. The molecule has 1 heterocycles. The lowest BCUT2D eigenvalue weighted by Gasteiger charge is -2.23. The van der Waals surface area contributed by atoms with E-state index in [1.54, 1.807) is 6.07 Å². The molecule has 1 aromatic carbocycles. The second kappa shape index (κ2) is 4.86. The van der Waals surface area contributed by atoms with Crippen molar-refractivity contribution in [3.8, 4) is 0 Å². The van der Waals surface area contributed by atoms with E-state index in [1.807, 2.05) is 13.0 Å². The number of carbonyl (C=O) groups is 1. The van der Waals surface area contributed by atoms with Crippen LogP contribution in [0.5, 0.6) is 0 Å². The van der Waals surface area contributed by atoms with Crippen molar-refractivity contribution in [1.29, 1.82) is 0 Å². The summed E-state index contributed by atoms with van der Waals surface area (Å²) >= 11 is 4.13. The highest BCUT2D eigenvalue weighted by molar-refractivity contribution is 9.10. The van der Waals surface area contributed by atoms with Gasteiger partial charge in [-0.05, 0) is 31.5 Å². The number of carbonyl (C=O) groups excluding carboxylic acids is 1. The molecule has 0 fully saturated rings. The summed E-state index contributed by atoms with van der Waals surface area (Å²) in [6, 6.07) is 3.55. The molecule has 0 aromatic heterocycles. The first-order valence-electron chi connectivity index (χ1n) is 5.27. The molecule has 2 nitrogen and oxygen atoms in total. The summed E-state index contributed by atoms with van der Waals surface area (Å²) in [5.74, 6) is -1.81. The quantitative estimate of drug-likeness (QED) is 0.799. The van der Waals surface area contributed by atoms with Crippen LogP contribution in [0.25, 0.3) is 0 Å². The van der Waals surface area contributed by atoms with Gasteiger partial charge in [0.2, 0.25) is 0 Å². The molecule has 1 aliphatic rings. The van der Waals surface area contributed by atoms with Gasteiger partial charge in [-0.1, -0.05) is 27.7 Å². The smallest absolute Gasteiger partial charge is 0.357 e. The van der Waals surface area contributed by atoms with Crippen LogP contribution in [0.3, 0.4) is 0 Å². The van der Waals surface area contributed by atoms with E-state index in [2.05, 4.69) is 21.2 Å². The molecule has 0 radical (unpaired) electrons. The van der Waals surface area contributed by atoms with E-state index in [0.29, 0.717) is 4.90 Å². The lowest BCUT2D eigenvalue weighted by molar-refractivity contribution is -0.165. The fourth-order valence-electron chi connectivity index (χ4n) is 1.73. The zero-order chi connectivity index (χ0) is 14.4. The van der Waals surface area contributed by atoms with Crippen molar-refractivity contribution >= 4 is 39.2 Å². The first kappa shape index (κ1) is 14.5. The zero-order valence-corrected chi connectivity index (χ0v) is 12.4. The maximum Gasteiger partial charge on any atom is 0.455 e. The van der Waals surface area contributed by atoms with Crippen molar-refractivity contribution in [2.24, 2.45) is 0 Å². The molecule has 0 aliphatic carbocycles. The van der Waals surface area contributed by atoms with Crippen LogP contribution >= 0.6 is 27.7 Å². The molecule has 0 unspecified atom stereocenters. The Hall–Kier alpha value is -0.950. The average molecular weight is 352 g/mol. The number of fused-ring (bicyclic) bond motifs is 1. The van der Waals surface area contributed by atoms with Crippen molar-refractivity contribution < 1.29 is 18.0 Å². The van der Waals surface area contributed by atoms with E-state index in [1.165, 1.54) is 6.92 Å². The van der Waals surface area contributed by atoms with E-state index in [-0.39, 0.29) is 10.6 Å². The molecule has 19 heavy (non-hydrogen) atoms. The van der Waals surface area contributed by atoms with Gasteiger partial charge in [-0.25, -0.2) is 0 Å². The largest absolute Gasteiger partial charge is 0.455 e. The van der Waals surface area contributed by atoms with Crippen molar-refractivity contribution in [1.82, 2.24) is 0 Å². The summed E-state index contributed by atoms with van der Waals surface area (Å²) < 4.78 is 38.3. The predicted octanol–water partition coefficient (Wildman–Crippen LogP) is 4.64. The van der Waals surface area contributed by atoms with Gasteiger partial charge in [0.15, 0.2) is 0 Å². The number of hydrogen-bond donors (Lipinski definition) is 1. The number of aryl methyl sites for hydroxylation is 1. The summed E-state index contributed by atoms with van der Waals surface area (Å²) in [7, 11) is 0. The molecule has 2 rings (SSSR count). The lowest BCUT2D eigenvalue weighted by Crippen LogP contribution is -2.26. The van der Waals surface area contributed by atoms with Gasteiger partial charge in [0.05, 0.1) is 10.6 Å². The molecule has 1 aliphatic heterocycles. The summed E-state index contributed by atoms with van der Waals surface area (Å²) in [6.45, 7) is 3.32. The Morgan fingerprint density at radius 3 is 2.53 bits per heavy atom. The third kappa shape index (κ3) is 2.81. The fourth-order valence-corrected chi connectivity index (χ4v) is 3.59. The molecule has 1 N–H and O–H groups in total. The Morgan fingerprint density at radius 2 is 1.95 bits per heavy atom.